The van der Waals surface area contributed by atoms with Gasteiger partial charge in [0.05, 0.1) is 0 Å². The molecular weight excluding hydrogens is 517 g/mol. The molecule has 1 aromatic carbocycles. The van der Waals surface area contributed by atoms with Gasteiger partial charge in [0.1, 0.15) is 17.4 Å². The van der Waals surface area contributed by atoms with Gasteiger partial charge in [0.2, 0.25) is 0 Å². The van der Waals surface area contributed by atoms with Gasteiger partial charge in [-0.15, -0.1) is 0 Å². The third kappa shape index (κ3) is 2.96. The van der Waals surface area contributed by atoms with E-state index in [1.54, 1.807) is 18.2 Å². The minimum atomic E-state index is -6.18. The second-order valence-electron chi connectivity index (χ2n) is 6.99. The summed E-state index contributed by atoms with van der Waals surface area (Å²) in [6.45, 7) is 0. The van der Waals surface area contributed by atoms with E-state index in [1.807, 2.05) is 0 Å². The van der Waals surface area contributed by atoms with Crippen LogP contribution in [0.5, 0.6) is 5.75 Å². The summed E-state index contributed by atoms with van der Waals surface area (Å²) in [5.74, 6) is -4.79. The van der Waals surface area contributed by atoms with Crippen molar-refractivity contribution < 1.29 is 45.6 Å². The predicted octanol–water partition coefficient (Wildman–Crippen LogP) is 2.02. The Morgan fingerprint density at radius 1 is 1.32 bits per heavy atom. The van der Waals surface area contributed by atoms with E-state index < -0.39 is 51.0 Å². The number of rotatable bonds is 3. The van der Waals surface area contributed by atoms with E-state index in [4.69, 9.17) is 9.47 Å². The van der Waals surface area contributed by atoms with Crippen LogP contribution in [-0.2, 0) is 24.4 Å². The van der Waals surface area contributed by atoms with Crippen molar-refractivity contribution in [1.29, 1.82) is 0 Å². The molecule has 4 unspecified atom stereocenters. The summed E-state index contributed by atoms with van der Waals surface area (Å²) < 4.78 is 75.3. The highest BCUT2D eigenvalue weighted by molar-refractivity contribution is 14.1. The van der Waals surface area contributed by atoms with Crippen LogP contribution in [0.25, 0.3) is 0 Å². The van der Waals surface area contributed by atoms with Gasteiger partial charge in [-0.3, -0.25) is 0 Å². The Hall–Kier alpha value is -1.54. The number of hydrogen-bond acceptors (Lipinski definition) is 8. The van der Waals surface area contributed by atoms with Gasteiger partial charge in [0.15, 0.2) is 10.1 Å². The van der Waals surface area contributed by atoms with E-state index in [0.717, 1.165) is 3.57 Å². The van der Waals surface area contributed by atoms with Crippen LogP contribution in [0.1, 0.15) is 29.6 Å². The fraction of sp³-hybridized carbons (Fsp3) is 0.500. The second kappa shape index (κ2) is 6.23. The van der Waals surface area contributed by atoms with Crippen molar-refractivity contribution in [2.75, 3.05) is 0 Å². The van der Waals surface area contributed by atoms with Crippen LogP contribution < -0.4 is 4.74 Å². The first-order valence-corrected chi connectivity index (χ1v) is 10.7. The Morgan fingerprint density at radius 3 is 2.64 bits per heavy atom. The fourth-order valence-electron chi connectivity index (χ4n) is 4.06. The molecule has 1 aliphatic heterocycles. The van der Waals surface area contributed by atoms with Crippen molar-refractivity contribution in [1.82, 2.24) is 0 Å². The van der Waals surface area contributed by atoms with Gasteiger partial charge in [0.25, 0.3) is 5.79 Å². The third-order valence-electron chi connectivity index (χ3n) is 5.32. The number of hydrogen-bond donors (Lipinski definition) is 0. The van der Waals surface area contributed by atoms with Gasteiger partial charge < -0.3 is 18.8 Å². The SMILES string of the molecule is O=C1OC2(CC3CC2CC3OC(=O)C(F)(F)S(=O)(=O)[O-])Oc2cc(I)ccc21. The van der Waals surface area contributed by atoms with Crippen LogP contribution in [-0.4, -0.2) is 42.1 Å². The summed E-state index contributed by atoms with van der Waals surface area (Å²) >= 11 is 2.06. The van der Waals surface area contributed by atoms with E-state index >= 15 is 0 Å². The first-order valence-electron chi connectivity index (χ1n) is 8.19. The number of esters is 2. The number of alkyl halides is 2. The summed E-state index contributed by atoms with van der Waals surface area (Å²) in [5, 5.41) is -5.16. The van der Waals surface area contributed by atoms with E-state index in [0.29, 0.717) is 12.2 Å². The van der Waals surface area contributed by atoms with Gasteiger partial charge in [-0.1, -0.05) is 0 Å². The number of carbonyl (C=O) groups excluding carboxylic acids is 2. The average Bonchev–Trinajstić information content (AvgIpc) is 3.10. The molecule has 28 heavy (non-hydrogen) atoms. The Balaban J connectivity index is 1.51. The Morgan fingerprint density at radius 2 is 2.04 bits per heavy atom. The lowest BCUT2D eigenvalue weighted by atomic mass is 9.90. The first kappa shape index (κ1) is 19.8. The minimum absolute atomic E-state index is 0.0396. The molecule has 1 heterocycles. The van der Waals surface area contributed by atoms with Crippen LogP contribution in [0.15, 0.2) is 18.2 Å². The van der Waals surface area contributed by atoms with Crippen LogP contribution in [0, 0.1) is 15.4 Å². The molecule has 2 bridgehead atoms. The molecule has 2 aliphatic carbocycles. The van der Waals surface area contributed by atoms with Crippen molar-refractivity contribution in [2.45, 2.75) is 36.4 Å². The Labute approximate surface area is 171 Å². The maximum absolute atomic E-state index is 13.4. The molecule has 4 rings (SSSR count). The number of carbonyl (C=O) groups is 2. The van der Waals surface area contributed by atoms with Gasteiger partial charge in [0, 0.05) is 21.8 Å². The topological polar surface area (TPSA) is 119 Å². The highest BCUT2D eigenvalue weighted by atomic mass is 127. The summed E-state index contributed by atoms with van der Waals surface area (Å²) in [7, 11) is -6.18. The highest BCUT2D eigenvalue weighted by Crippen LogP contribution is 2.56. The molecule has 0 saturated heterocycles. The highest BCUT2D eigenvalue weighted by Gasteiger charge is 2.63. The van der Waals surface area contributed by atoms with Crippen LogP contribution in [0.4, 0.5) is 8.78 Å². The lowest BCUT2D eigenvalue weighted by molar-refractivity contribution is -0.202. The summed E-state index contributed by atoms with van der Waals surface area (Å²) in [6.07, 6.45) is -0.504. The van der Waals surface area contributed by atoms with Gasteiger partial charge in [-0.05, 0) is 53.6 Å². The van der Waals surface area contributed by atoms with E-state index in [9.17, 15) is 31.3 Å². The smallest absolute Gasteiger partial charge is 0.428 e. The molecule has 12 heteroatoms. The zero-order valence-corrected chi connectivity index (χ0v) is 16.9. The van der Waals surface area contributed by atoms with Gasteiger partial charge >= 0.3 is 17.2 Å². The molecule has 0 radical (unpaired) electrons. The van der Waals surface area contributed by atoms with Crippen molar-refractivity contribution in [3.05, 3.63) is 27.3 Å². The standard InChI is InChI=1S/C16H13F2IO8S/c17-16(18,28(22,23)24)14(21)25-11-4-8-3-7(11)6-15(8)26-12-5-9(19)1-2-10(12)13(20)27-15/h1-2,5,7-8,11H,3-4,6H2,(H,22,23,24)/p-1. The molecular formula is C16H12F2IO8S-. The maximum atomic E-state index is 13.4. The lowest BCUT2D eigenvalue weighted by Crippen LogP contribution is -2.51. The lowest BCUT2D eigenvalue weighted by Gasteiger charge is -2.41. The molecule has 0 N–H and O–H groups in total. The molecule has 2 saturated carbocycles. The third-order valence-corrected chi connectivity index (χ3v) is 6.79. The van der Waals surface area contributed by atoms with Gasteiger partial charge in [-0.25, -0.2) is 18.0 Å². The normalized spacial score (nSPS) is 31.3. The molecule has 4 atom stereocenters. The summed E-state index contributed by atoms with van der Waals surface area (Å²) in [5.41, 5.74) is 0.275. The molecule has 0 aromatic heterocycles. The number of benzene rings is 1. The second-order valence-corrected chi connectivity index (χ2v) is 9.66. The monoisotopic (exact) mass is 529 g/mol. The fourth-order valence-corrected chi connectivity index (χ4v) is 4.78. The van der Waals surface area contributed by atoms with Crippen molar-refractivity contribution in [2.24, 2.45) is 11.8 Å². The average molecular weight is 529 g/mol. The van der Waals surface area contributed by atoms with Crippen molar-refractivity contribution in [3.63, 3.8) is 0 Å². The molecule has 0 amide bonds. The number of ether oxygens (including phenoxy) is 3. The molecule has 1 spiro atoms. The van der Waals surface area contributed by atoms with E-state index in [1.165, 1.54) is 0 Å². The Kier molecular flexibility index (Phi) is 4.39. The molecule has 1 aromatic rings. The summed E-state index contributed by atoms with van der Waals surface area (Å²) in [6, 6.07) is 4.99. The van der Waals surface area contributed by atoms with E-state index in [-0.39, 0.29) is 18.4 Å². The quantitative estimate of drug-likeness (QED) is 0.332. The summed E-state index contributed by atoms with van der Waals surface area (Å²) in [4.78, 5) is 23.8. The zero-order valence-electron chi connectivity index (χ0n) is 13.9. The van der Waals surface area contributed by atoms with E-state index in [2.05, 4.69) is 27.3 Å². The van der Waals surface area contributed by atoms with Crippen molar-refractivity contribution in [3.8, 4) is 5.75 Å². The number of fused-ring (bicyclic) bond motifs is 4. The molecule has 8 nitrogen and oxygen atoms in total. The largest absolute Gasteiger partial charge is 0.743 e. The predicted molar refractivity (Wildman–Crippen MR) is 93.3 cm³/mol. The first-order chi connectivity index (χ1) is 12.9. The Bertz CT molecular complexity index is 981. The number of halogens is 3. The van der Waals surface area contributed by atoms with Crippen molar-refractivity contribution >= 4 is 44.6 Å². The van der Waals surface area contributed by atoms with Gasteiger partial charge in [-0.2, -0.15) is 8.78 Å². The molecule has 3 aliphatic rings. The van der Waals surface area contributed by atoms with Crippen LogP contribution in [0.2, 0.25) is 0 Å². The minimum Gasteiger partial charge on any atom is -0.743 e. The van der Waals surface area contributed by atoms with Crippen LogP contribution in [0.3, 0.4) is 0 Å². The molecule has 2 fully saturated rings. The zero-order chi connectivity index (χ0) is 20.5. The maximum Gasteiger partial charge on any atom is 0.428 e. The van der Waals surface area contributed by atoms with Crippen LogP contribution >= 0.6 is 22.6 Å². The molecule has 152 valence electrons.